The molecule has 0 atom stereocenters. The highest BCUT2D eigenvalue weighted by molar-refractivity contribution is 7.70. The molecule has 2 heterocycles. The lowest BCUT2D eigenvalue weighted by Gasteiger charge is -2.25. The minimum absolute atomic E-state index is 0.240. The first kappa shape index (κ1) is 30.5. The second-order valence-corrected chi connectivity index (χ2v) is 14.8. The highest BCUT2D eigenvalue weighted by Gasteiger charge is 2.26. The zero-order chi connectivity index (χ0) is 31.5. The Labute approximate surface area is 256 Å². The number of hydrogen-bond donors (Lipinski definition) is 3. The van der Waals surface area contributed by atoms with Gasteiger partial charge < -0.3 is 30.0 Å². The molecule has 0 saturated carbocycles. The van der Waals surface area contributed by atoms with Gasteiger partial charge in [-0.3, -0.25) is 4.98 Å². The molecule has 0 unspecified atom stereocenters. The molecule has 0 radical (unpaired) electrons. The number of urea groups is 1. The van der Waals surface area contributed by atoms with Gasteiger partial charge in [0.15, 0.2) is 5.75 Å². The predicted molar refractivity (Wildman–Crippen MR) is 177 cm³/mol. The molecule has 44 heavy (non-hydrogen) atoms. The van der Waals surface area contributed by atoms with E-state index in [-0.39, 0.29) is 5.41 Å². The Kier molecular flexibility index (Phi) is 8.56. The van der Waals surface area contributed by atoms with Crippen LogP contribution in [-0.2, 0) is 9.98 Å². The van der Waals surface area contributed by atoms with Gasteiger partial charge in [-0.25, -0.2) is 14.8 Å². The highest BCUT2D eigenvalue weighted by Crippen LogP contribution is 2.43. The fraction of sp³-hybridized carbons (Fsp3) is 0.212. The normalized spacial score (nSPS) is 11.6. The summed E-state index contributed by atoms with van der Waals surface area (Å²) in [5, 5.41) is 11.2. The number of carbonyl (C=O) groups excluding carboxylic acids is 1. The van der Waals surface area contributed by atoms with Crippen LogP contribution in [-0.4, -0.2) is 41.4 Å². The maximum absolute atomic E-state index is 13.4. The van der Waals surface area contributed by atoms with Gasteiger partial charge in [0.25, 0.3) is 0 Å². The van der Waals surface area contributed by atoms with Crippen LogP contribution in [0.5, 0.6) is 17.2 Å². The fourth-order valence-electron chi connectivity index (χ4n) is 4.66. The molecule has 0 aliphatic rings. The van der Waals surface area contributed by atoms with Crippen molar-refractivity contribution in [2.75, 3.05) is 36.4 Å². The van der Waals surface area contributed by atoms with Crippen LogP contribution in [0.1, 0.15) is 26.3 Å². The summed E-state index contributed by atoms with van der Waals surface area (Å²) in [6.45, 7) is 9.58. The summed E-state index contributed by atoms with van der Waals surface area (Å²) in [5.74, 6) is 2.68. The van der Waals surface area contributed by atoms with Crippen LogP contribution in [0, 0.1) is 0 Å². The molecule has 0 spiro atoms. The van der Waals surface area contributed by atoms with E-state index < -0.39 is 13.2 Å². The monoisotopic (exact) mass is 610 g/mol. The number of pyridine rings is 1. The Morgan fingerprint density at radius 1 is 0.841 bits per heavy atom. The van der Waals surface area contributed by atoms with E-state index in [0.29, 0.717) is 45.6 Å². The van der Waals surface area contributed by atoms with Crippen LogP contribution in [0.2, 0.25) is 0 Å². The first-order chi connectivity index (χ1) is 20.9. The fourth-order valence-corrected chi connectivity index (χ4v) is 5.81. The van der Waals surface area contributed by atoms with Crippen molar-refractivity contribution in [3.05, 3.63) is 91.0 Å². The summed E-state index contributed by atoms with van der Waals surface area (Å²) in [4.78, 5) is 26.0. The van der Waals surface area contributed by atoms with Gasteiger partial charge in [-0.2, -0.15) is 0 Å². The highest BCUT2D eigenvalue weighted by atomic mass is 31.2. The standard InChI is InChI=1S/C33H35N6O4P/c1-33(2,3)21-17-26(31(42-4)28(18-21)44(5,6)41)38-32(40)37-25-11-12-27(24-10-8-7-9-23(24)25)43-22-13-14-35-29(19-22)39-30-20-34-15-16-36-30/h7-20H,1-6H3,(H,35,36,39)(H2,37,38,40). The van der Waals surface area contributed by atoms with E-state index in [0.717, 1.165) is 16.3 Å². The number of benzene rings is 3. The van der Waals surface area contributed by atoms with Crippen molar-refractivity contribution in [2.24, 2.45) is 0 Å². The van der Waals surface area contributed by atoms with Gasteiger partial charge in [0.2, 0.25) is 0 Å². The van der Waals surface area contributed by atoms with E-state index in [1.807, 2.05) is 36.4 Å². The van der Waals surface area contributed by atoms with Crippen LogP contribution in [0.15, 0.2) is 85.5 Å². The molecule has 2 amide bonds. The lowest BCUT2D eigenvalue weighted by Crippen LogP contribution is -2.23. The van der Waals surface area contributed by atoms with Gasteiger partial charge in [0.05, 0.1) is 30.0 Å². The van der Waals surface area contributed by atoms with Crippen molar-refractivity contribution in [1.29, 1.82) is 0 Å². The number of rotatable bonds is 8. The predicted octanol–water partition coefficient (Wildman–Crippen LogP) is 7.76. The van der Waals surface area contributed by atoms with Crippen LogP contribution in [0.3, 0.4) is 0 Å². The summed E-state index contributed by atoms with van der Waals surface area (Å²) >= 11 is 0. The number of methoxy groups -OCH3 is 1. The third kappa shape index (κ3) is 6.98. The zero-order valence-corrected chi connectivity index (χ0v) is 26.4. The van der Waals surface area contributed by atoms with E-state index >= 15 is 0 Å². The van der Waals surface area contributed by atoms with E-state index in [2.05, 4.69) is 51.7 Å². The van der Waals surface area contributed by atoms with Gasteiger partial charge in [-0.15, -0.1) is 0 Å². The van der Waals surface area contributed by atoms with Gasteiger partial charge in [-0.1, -0.05) is 45.0 Å². The molecule has 0 saturated heterocycles. The van der Waals surface area contributed by atoms with Crippen molar-refractivity contribution in [3.8, 4) is 17.2 Å². The van der Waals surface area contributed by atoms with Crippen molar-refractivity contribution in [2.45, 2.75) is 26.2 Å². The Balaban J connectivity index is 1.41. The van der Waals surface area contributed by atoms with Crippen LogP contribution >= 0.6 is 7.14 Å². The molecular weight excluding hydrogens is 575 g/mol. The number of anilines is 4. The number of carbonyl (C=O) groups is 1. The number of nitrogens with zero attached hydrogens (tertiary/aromatic N) is 3. The van der Waals surface area contributed by atoms with Gasteiger partial charge in [0.1, 0.15) is 30.3 Å². The van der Waals surface area contributed by atoms with Crippen molar-refractivity contribution in [3.63, 3.8) is 0 Å². The maximum atomic E-state index is 13.4. The van der Waals surface area contributed by atoms with E-state index in [1.54, 1.807) is 62.4 Å². The Hall–Kier alpha value is -4.95. The largest absolute Gasteiger partial charge is 0.494 e. The summed E-state index contributed by atoms with van der Waals surface area (Å²) in [5.41, 5.74) is 1.74. The number of ether oxygens (including phenoxy) is 2. The Morgan fingerprint density at radius 3 is 2.25 bits per heavy atom. The lowest BCUT2D eigenvalue weighted by molar-refractivity contribution is 0.262. The summed E-state index contributed by atoms with van der Waals surface area (Å²) < 4.78 is 25.1. The van der Waals surface area contributed by atoms with Crippen molar-refractivity contribution < 1.29 is 18.8 Å². The maximum Gasteiger partial charge on any atom is 0.323 e. The smallest absolute Gasteiger partial charge is 0.323 e. The molecular formula is C33H35N6O4P. The average Bonchev–Trinajstić information content (AvgIpc) is 2.98. The molecule has 3 aromatic carbocycles. The average molecular weight is 611 g/mol. The number of fused-ring (bicyclic) bond motifs is 1. The quantitative estimate of drug-likeness (QED) is 0.152. The lowest BCUT2D eigenvalue weighted by atomic mass is 9.86. The first-order valence-corrected chi connectivity index (χ1v) is 16.6. The molecule has 2 aromatic heterocycles. The zero-order valence-electron chi connectivity index (χ0n) is 25.5. The summed E-state index contributed by atoms with van der Waals surface area (Å²) in [6, 6.07) is 18.1. The topological polar surface area (TPSA) is 127 Å². The summed E-state index contributed by atoms with van der Waals surface area (Å²) in [7, 11) is -1.21. The molecule has 0 aliphatic heterocycles. The molecule has 10 nitrogen and oxygen atoms in total. The number of aromatic nitrogens is 3. The van der Waals surface area contributed by atoms with Crippen LogP contribution < -0.4 is 30.7 Å². The van der Waals surface area contributed by atoms with Crippen molar-refractivity contribution in [1.82, 2.24) is 15.0 Å². The van der Waals surface area contributed by atoms with Gasteiger partial charge >= 0.3 is 6.03 Å². The third-order valence-corrected chi connectivity index (χ3v) is 8.37. The van der Waals surface area contributed by atoms with E-state index in [4.69, 9.17) is 9.47 Å². The third-order valence-electron chi connectivity index (χ3n) is 6.88. The number of nitrogens with one attached hydrogen (secondary N) is 3. The van der Waals surface area contributed by atoms with Crippen molar-refractivity contribution >= 4 is 52.3 Å². The van der Waals surface area contributed by atoms with E-state index in [1.165, 1.54) is 7.11 Å². The molecule has 0 bridgehead atoms. The molecule has 5 rings (SSSR count). The summed E-state index contributed by atoms with van der Waals surface area (Å²) in [6.07, 6.45) is 6.43. The van der Waals surface area contributed by atoms with Crippen LogP contribution in [0.25, 0.3) is 10.8 Å². The van der Waals surface area contributed by atoms with Gasteiger partial charge in [0, 0.05) is 35.4 Å². The second kappa shape index (κ2) is 12.3. The molecule has 3 N–H and O–H groups in total. The first-order valence-electron chi connectivity index (χ1n) is 14.0. The molecule has 5 aromatic rings. The molecule has 0 aliphatic carbocycles. The molecule has 11 heteroatoms. The van der Waals surface area contributed by atoms with Gasteiger partial charge in [-0.05, 0) is 54.6 Å². The van der Waals surface area contributed by atoms with E-state index in [9.17, 15) is 9.36 Å². The second-order valence-electron chi connectivity index (χ2n) is 11.6. The van der Waals surface area contributed by atoms with Crippen LogP contribution in [0.4, 0.5) is 27.8 Å². The number of amides is 2. The molecule has 226 valence electrons. The Bertz CT molecular complexity index is 1870. The SMILES string of the molecule is COc1c(NC(=O)Nc2ccc(Oc3ccnc(Nc4cnccn4)c3)c3ccccc23)cc(C(C)(C)C)cc1P(C)(C)=O. The minimum atomic E-state index is -2.72. The Morgan fingerprint density at radius 2 is 1.57 bits per heavy atom. The molecule has 0 fully saturated rings. The minimum Gasteiger partial charge on any atom is -0.494 e. The number of hydrogen-bond acceptors (Lipinski definition) is 8.